The van der Waals surface area contributed by atoms with Crippen molar-refractivity contribution in [3.8, 4) is 0 Å². The maximum absolute atomic E-state index is 12.3. The predicted octanol–water partition coefficient (Wildman–Crippen LogP) is 2.28. The molecule has 0 spiro atoms. The van der Waals surface area contributed by atoms with Crippen molar-refractivity contribution in [3.63, 3.8) is 0 Å². The summed E-state index contributed by atoms with van der Waals surface area (Å²) in [6.45, 7) is 4.90. The number of hydrogen-bond acceptors (Lipinski definition) is 5. The first kappa shape index (κ1) is 16.1. The lowest BCUT2D eigenvalue weighted by molar-refractivity contribution is 0.0907. The molecule has 1 aliphatic rings. The molecule has 0 saturated carbocycles. The highest BCUT2D eigenvalue weighted by Crippen LogP contribution is 2.14. The van der Waals surface area contributed by atoms with E-state index in [4.69, 9.17) is 0 Å². The van der Waals surface area contributed by atoms with E-state index in [1.807, 2.05) is 13.0 Å². The molecule has 1 aromatic heterocycles. The third-order valence-electron chi connectivity index (χ3n) is 4.26. The number of likely N-dealkylation sites (tertiary alicyclic amines) is 1. The van der Waals surface area contributed by atoms with Gasteiger partial charge in [0, 0.05) is 19.1 Å². The molecular formula is C17H22N4OS. The Morgan fingerprint density at radius 3 is 2.96 bits per heavy atom. The van der Waals surface area contributed by atoms with Gasteiger partial charge < -0.3 is 10.2 Å². The smallest absolute Gasteiger partial charge is 0.265 e. The zero-order chi connectivity index (χ0) is 16.1. The summed E-state index contributed by atoms with van der Waals surface area (Å²) < 4.78 is 3.83. The molecule has 0 radical (unpaired) electrons. The van der Waals surface area contributed by atoms with E-state index in [1.165, 1.54) is 17.1 Å². The van der Waals surface area contributed by atoms with Gasteiger partial charge in [0.15, 0.2) is 0 Å². The normalized spacial score (nSPS) is 18.7. The van der Waals surface area contributed by atoms with Gasteiger partial charge in [-0.25, -0.2) is 0 Å². The molecule has 5 nitrogen and oxygen atoms in total. The van der Waals surface area contributed by atoms with Crippen LogP contribution in [0, 0.1) is 6.92 Å². The molecule has 1 amide bonds. The Morgan fingerprint density at radius 1 is 1.39 bits per heavy atom. The molecule has 1 N–H and O–H groups in total. The fraction of sp³-hybridized carbons (Fsp3) is 0.471. The van der Waals surface area contributed by atoms with Crippen LogP contribution in [-0.2, 0) is 6.42 Å². The third kappa shape index (κ3) is 4.36. The molecule has 2 aromatic rings. The molecule has 1 atom stereocenters. The van der Waals surface area contributed by atoms with Gasteiger partial charge >= 0.3 is 0 Å². The fourth-order valence-electron chi connectivity index (χ4n) is 3.00. The van der Waals surface area contributed by atoms with Gasteiger partial charge in [-0.15, -0.1) is 5.10 Å². The summed E-state index contributed by atoms with van der Waals surface area (Å²) in [7, 11) is 0. The van der Waals surface area contributed by atoms with E-state index in [-0.39, 0.29) is 11.9 Å². The maximum atomic E-state index is 12.3. The van der Waals surface area contributed by atoms with E-state index in [0.29, 0.717) is 10.6 Å². The highest BCUT2D eigenvalue weighted by Gasteiger charge is 2.23. The first-order valence-corrected chi connectivity index (χ1v) is 8.86. The van der Waals surface area contributed by atoms with Crippen molar-refractivity contribution in [2.24, 2.45) is 0 Å². The zero-order valence-electron chi connectivity index (χ0n) is 13.4. The van der Waals surface area contributed by atoms with Gasteiger partial charge in [0.2, 0.25) is 0 Å². The number of carbonyl (C=O) groups excluding carboxylic acids is 1. The lowest BCUT2D eigenvalue weighted by Gasteiger charge is -2.33. The van der Waals surface area contributed by atoms with Crippen LogP contribution in [0.2, 0.25) is 0 Å². The maximum Gasteiger partial charge on any atom is 0.265 e. The standard InChI is InChI=1S/C17H22N4OS/c1-13-16(23-20-19-13)17(22)18-15-8-5-10-21(12-15)11-9-14-6-3-2-4-7-14/h2-4,6-7,15H,5,8-12H2,1H3,(H,18,22)/t15-/m1/s1. The fourth-order valence-corrected chi connectivity index (χ4v) is 3.56. The first-order chi connectivity index (χ1) is 11.2. The molecule has 0 unspecified atom stereocenters. The quantitative estimate of drug-likeness (QED) is 0.914. The summed E-state index contributed by atoms with van der Waals surface area (Å²) in [5.41, 5.74) is 2.08. The number of aromatic nitrogens is 2. The number of hydrogen-bond donors (Lipinski definition) is 1. The number of nitrogens with zero attached hydrogens (tertiary/aromatic N) is 3. The van der Waals surface area contributed by atoms with Crippen molar-refractivity contribution in [1.82, 2.24) is 19.8 Å². The molecule has 2 heterocycles. The summed E-state index contributed by atoms with van der Waals surface area (Å²) in [5.74, 6) is -0.0348. The van der Waals surface area contributed by atoms with Gasteiger partial charge in [0.05, 0.1) is 5.69 Å². The Balaban J connectivity index is 1.50. The molecule has 0 bridgehead atoms. The highest BCUT2D eigenvalue weighted by molar-refractivity contribution is 7.08. The van der Waals surface area contributed by atoms with E-state index in [1.54, 1.807) is 0 Å². The van der Waals surface area contributed by atoms with Gasteiger partial charge in [0.25, 0.3) is 5.91 Å². The van der Waals surface area contributed by atoms with E-state index < -0.39 is 0 Å². The van der Waals surface area contributed by atoms with Gasteiger partial charge in [-0.1, -0.05) is 34.8 Å². The lowest BCUT2D eigenvalue weighted by Crippen LogP contribution is -2.48. The van der Waals surface area contributed by atoms with Crippen molar-refractivity contribution in [2.75, 3.05) is 19.6 Å². The van der Waals surface area contributed by atoms with Crippen LogP contribution in [0.4, 0.5) is 0 Å². The number of piperidine rings is 1. The molecule has 1 aromatic carbocycles. The zero-order valence-corrected chi connectivity index (χ0v) is 14.2. The number of nitrogens with one attached hydrogen (secondary N) is 1. The molecule has 1 fully saturated rings. The second-order valence-corrected chi connectivity index (χ2v) is 6.79. The molecule has 122 valence electrons. The Bertz CT molecular complexity index is 643. The first-order valence-electron chi connectivity index (χ1n) is 8.08. The van der Waals surface area contributed by atoms with Crippen LogP contribution in [0.1, 0.15) is 33.8 Å². The van der Waals surface area contributed by atoms with E-state index >= 15 is 0 Å². The average Bonchev–Trinajstić information content (AvgIpc) is 3.00. The topological polar surface area (TPSA) is 58.1 Å². The molecule has 1 aliphatic heterocycles. The van der Waals surface area contributed by atoms with Gasteiger partial charge in [-0.2, -0.15) is 0 Å². The minimum Gasteiger partial charge on any atom is -0.347 e. The molecular weight excluding hydrogens is 308 g/mol. The van der Waals surface area contributed by atoms with Crippen molar-refractivity contribution in [1.29, 1.82) is 0 Å². The highest BCUT2D eigenvalue weighted by atomic mass is 32.1. The third-order valence-corrected chi connectivity index (χ3v) is 5.08. The summed E-state index contributed by atoms with van der Waals surface area (Å²) in [4.78, 5) is 15.4. The Hall–Kier alpha value is -1.79. The van der Waals surface area contributed by atoms with Crippen molar-refractivity contribution < 1.29 is 4.79 Å². The van der Waals surface area contributed by atoms with Crippen molar-refractivity contribution in [2.45, 2.75) is 32.2 Å². The SMILES string of the molecule is Cc1nnsc1C(=O)N[C@@H]1CCCN(CCc2ccccc2)C1. The molecule has 6 heteroatoms. The number of rotatable bonds is 5. The molecule has 1 saturated heterocycles. The Labute approximate surface area is 140 Å². The summed E-state index contributed by atoms with van der Waals surface area (Å²) in [6, 6.07) is 10.8. The van der Waals surface area contributed by atoms with E-state index in [2.05, 4.69) is 44.1 Å². The minimum absolute atomic E-state index is 0.0348. The lowest BCUT2D eigenvalue weighted by atomic mass is 10.0. The van der Waals surface area contributed by atoms with Gasteiger partial charge in [0.1, 0.15) is 4.88 Å². The van der Waals surface area contributed by atoms with E-state index in [0.717, 1.165) is 38.9 Å². The van der Waals surface area contributed by atoms with Gasteiger partial charge in [-0.3, -0.25) is 4.79 Å². The van der Waals surface area contributed by atoms with Crippen molar-refractivity contribution >= 4 is 17.4 Å². The number of aryl methyl sites for hydroxylation is 1. The number of benzene rings is 1. The monoisotopic (exact) mass is 330 g/mol. The van der Waals surface area contributed by atoms with Crippen LogP contribution in [0.25, 0.3) is 0 Å². The largest absolute Gasteiger partial charge is 0.347 e. The molecule has 0 aliphatic carbocycles. The molecule has 23 heavy (non-hydrogen) atoms. The predicted molar refractivity (Wildman–Crippen MR) is 91.7 cm³/mol. The average molecular weight is 330 g/mol. The van der Waals surface area contributed by atoms with Crippen LogP contribution in [-0.4, -0.2) is 46.1 Å². The van der Waals surface area contributed by atoms with Crippen LogP contribution >= 0.6 is 11.5 Å². The summed E-state index contributed by atoms with van der Waals surface area (Å²) in [6.07, 6.45) is 3.22. The summed E-state index contributed by atoms with van der Waals surface area (Å²) >= 11 is 1.17. The number of amides is 1. The Kier molecular flexibility index (Phi) is 5.35. The summed E-state index contributed by atoms with van der Waals surface area (Å²) in [5, 5.41) is 7.05. The minimum atomic E-state index is -0.0348. The second-order valence-electron chi connectivity index (χ2n) is 6.04. The van der Waals surface area contributed by atoms with Gasteiger partial charge in [-0.05, 0) is 49.8 Å². The Morgan fingerprint density at radius 2 is 2.22 bits per heavy atom. The molecule has 3 rings (SSSR count). The number of carbonyl (C=O) groups is 1. The van der Waals surface area contributed by atoms with Crippen LogP contribution in [0.3, 0.4) is 0 Å². The van der Waals surface area contributed by atoms with Crippen LogP contribution in [0.5, 0.6) is 0 Å². The van der Waals surface area contributed by atoms with E-state index in [9.17, 15) is 4.79 Å². The van der Waals surface area contributed by atoms with Crippen LogP contribution in [0.15, 0.2) is 30.3 Å². The van der Waals surface area contributed by atoms with Crippen molar-refractivity contribution in [3.05, 3.63) is 46.5 Å². The van der Waals surface area contributed by atoms with Crippen LogP contribution < -0.4 is 5.32 Å². The second kappa shape index (κ2) is 7.66.